The standard InChI is InChI=1S/C13H19N3O3/c17-11(14-9-5-6-9)7-16-12(18)8-15(13(16)19)10-3-1-2-4-10/h9-10H,1-8H2,(H,14,17). The highest BCUT2D eigenvalue weighted by Crippen LogP contribution is 2.27. The molecule has 0 unspecified atom stereocenters. The van der Waals surface area contributed by atoms with Crippen molar-refractivity contribution in [1.29, 1.82) is 0 Å². The number of carbonyl (C=O) groups excluding carboxylic acids is 3. The summed E-state index contributed by atoms with van der Waals surface area (Å²) in [5.74, 6) is -0.472. The van der Waals surface area contributed by atoms with Gasteiger partial charge in [-0.15, -0.1) is 0 Å². The van der Waals surface area contributed by atoms with E-state index in [4.69, 9.17) is 0 Å². The maximum absolute atomic E-state index is 12.2. The van der Waals surface area contributed by atoms with Crippen molar-refractivity contribution in [1.82, 2.24) is 15.1 Å². The first kappa shape index (κ1) is 12.4. The number of hydrogen-bond acceptors (Lipinski definition) is 3. The molecule has 0 aromatic heterocycles. The highest BCUT2D eigenvalue weighted by molar-refractivity contribution is 6.04. The van der Waals surface area contributed by atoms with Gasteiger partial charge in [0.05, 0.1) is 0 Å². The van der Waals surface area contributed by atoms with E-state index in [0.29, 0.717) is 0 Å². The fourth-order valence-corrected chi connectivity index (χ4v) is 2.86. The maximum Gasteiger partial charge on any atom is 0.327 e. The molecule has 19 heavy (non-hydrogen) atoms. The van der Waals surface area contributed by atoms with Gasteiger partial charge in [0.25, 0.3) is 5.91 Å². The molecule has 1 aliphatic heterocycles. The molecule has 3 fully saturated rings. The number of amides is 4. The first-order valence-electron chi connectivity index (χ1n) is 7.05. The van der Waals surface area contributed by atoms with Crippen molar-refractivity contribution < 1.29 is 14.4 Å². The lowest BCUT2D eigenvalue weighted by Crippen LogP contribution is -2.43. The largest absolute Gasteiger partial charge is 0.352 e. The Hall–Kier alpha value is -1.59. The number of hydrogen-bond donors (Lipinski definition) is 1. The number of nitrogens with one attached hydrogen (secondary N) is 1. The smallest absolute Gasteiger partial charge is 0.327 e. The number of nitrogens with zero attached hydrogens (tertiary/aromatic N) is 2. The Labute approximate surface area is 112 Å². The molecule has 104 valence electrons. The van der Waals surface area contributed by atoms with Crippen LogP contribution in [0.3, 0.4) is 0 Å². The normalized spacial score (nSPS) is 24.4. The first-order chi connectivity index (χ1) is 9.15. The van der Waals surface area contributed by atoms with Gasteiger partial charge < -0.3 is 10.2 Å². The average Bonchev–Trinajstić information content (AvgIpc) is 2.93. The molecule has 6 nitrogen and oxygen atoms in total. The highest BCUT2D eigenvalue weighted by atomic mass is 16.2. The number of carbonyl (C=O) groups is 3. The number of urea groups is 1. The van der Waals surface area contributed by atoms with Crippen LogP contribution in [0.15, 0.2) is 0 Å². The molecule has 6 heteroatoms. The molecule has 2 aliphatic carbocycles. The van der Waals surface area contributed by atoms with E-state index in [9.17, 15) is 14.4 Å². The second-order valence-corrected chi connectivity index (χ2v) is 5.67. The second-order valence-electron chi connectivity index (χ2n) is 5.67. The molecule has 0 radical (unpaired) electrons. The van der Waals surface area contributed by atoms with Gasteiger partial charge in [-0.05, 0) is 25.7 Å². The summed E-state index contributed by atoms with van der Waals surface area (Å²) in [5.41, 5.74) is 0. The Balaban J connectivity index is 1.59. The summed E-state index contributed by atoms with van der Waals surface area (Å²) in [4.78, 5) is 38.5. The van der Waals surface area contributed by atoms with Crippen molar-refractivity contribution in [2.75, 3.05) is 13.1 Å². The Morgan fingerprint density at radius 3 is 2.47 bits per heavy atom. The third-order valence-corrected chi connectivity index (χ3v) is 4.09. The van der Waals surface area contributed by atoms with E-state index in [1.165, 1.54) is 0 Å². The van der Waals surface area contributed by atoms with E-state index < -0.39 is 0 Å². The molecular formula is C13H19N3O3. The fourth-order valence-electron chi connectivity index (χ4n) is 2.86. The topological polar surface area (TPSA) is 69.7 Å². The molecule has 0 bridgehead atoms. The van der Waals surface area contributed by atoms with Gasteiger partial charge in [0.1, 0.15) is 13.1 Å². The van der Waals surface area contributed by atoms with Crippen LogP contribution in [0.1, 0.15) is 38.5 Å². The molecule has 0 spiro atoms. The van der Waals surface area contributed by atoms with E-state index in [0.717, 1.165) is 43.4 Å². The molecular weight excluding hydrogens is 246 g/mol. The Bertz CT molecular complexity index is 413. The van der Waals surface area contributed by atoms with E-state index in [1.807, 2.05) is 0 Å². The zero-order chi connectivity index (χ0) is 13.4. The summed E-state index contributed by atoms with van der Waals surface area (Å²) in [7, 11) is 0. The van der Waals surface area contributed by atoms with Crippen molar-refractivity contribution in [2.24, 2.45) is 0 Å². The molecule has 1 N–H and O–H groups in total. The first-order valence-corrected chi connectivity index (χ1v) is 7.05. The van der Waals surface area contributed by atoms with Crippen LogP contribution >= 0.6 is 0 Å². The number of imide groups is 1. The molecule has 0 aromatic carbocycles. The molecule has 4 amide bonds. The van der Waals surface area contributed by atoms with Crippen molar-refractivity contribution >= 4 is 17.8 Å². The van der Waals surface area contributed by atoms with E-state index in [-0.39, 0.29) is 43.0 Å². The summed E-state index contributed by atoms with van der Waals surface area (Å²) in [6, 6.07) is 0.155. The van der Waals surface area contributed by atoms with Gasteiger partial charge in [-0.2, -0.15) is 0 Å². The van der Waals surface area contributed by atoms with Gasteiger partial charge in [-0.3, -0.25) is 14.5 Å². The lowest BCUT2D eigenvalue weighted by molar-refractivity contribution is -0.130. The van der Waals surface area contributed by atoms with Gasteiger partial charge in [0.15, 0.2) is 0 Å². The van der Waals surface area contributed by atoms with Crippen molar-refractivity contribution in [3.05, 3.63) is 0 Å². The number of rotatable bonds is 4. The molecule has 0 aromatic rings. The van der Waals surface area contributed by atoms with Crippen LogP contribution in [0.4, 0.5) is 4.79 Å². The van der Waals surface area contributed by atoms with Crippen molar-refractivity contribution in [3.63, 3.8) is 0 Å². The molecule has 2 saturated carbocycles. The fraction of sp³-hybridized carbons (Fsp3) is 0.769. The predicted octanol–water partition coefficient (Wildman–Crippen LogP) is 0.472. The summed E-state index contributed by atoms with van der Waals surface area (Å²) in [6.07, 6.45) is 6.18. The molecule has 0 atom stereocenters. The van der Waals surface area contributed by atoms with E-state index in [2.05, 4.69) is 5.32 Å². The summed E-state index contributed by atoms with van der Waals surface area (Å²) in [5, 5.41) is 2.80. The monoisotopic (exact) mass is 265 g/mol. The molecule has 3 rings (SSSR count). The van der Waals surface area contributed by atoms with Crippen molar-refractivity contribution in [3.8, 4) is 0 Å². The molecule has 1 heterocycles. The zero-order valence-electron chi connectivity index (χ0n) is 10.9. The van der Waals surface area contributed by atoms with Gasteiger partial charge in [-0.25, -0.2) is 4.79 Å². The van der Waals surface area contributed by atoms with Crippen LogP contribution in [0, 0.1) is 0 Å². The Kier molecular flexibility index (Phi) is 3.16. The van der Waals surface area contributed by atoms with Crippen molar-refractivity contribution in [2.45, 2.75) is 50.6 Å². The minimum atomic E-state index is -0.289. The third-order valence-electron chi connectivity index (χ3n) is 4.09. The predicted molar refractivity (Wildman–Crippen MR) is 67.2 cm³/mol. The summed E-state index contributed by atoms with van der Waals surface area (Å²) >= 11 is 0. The van der Waals surface area contributed by atoms with E-state index in [1.54, 1.807) is 4.90 Å². The van der Waals surface area contributed by atoms with E-state index >= 15 is 0 Å². The minimum Gasteiger partial charge on any atom is -0.352 e. The third kappa shape index (κ3) is 2.57. The SMILES string of the molecule is O=C(CN1C(=O)CN(C2CCCC2)C1=O)NC1CC1. The zero-order valence-corrected chi connectivity index (χ0v) is 10.9. The molecule has 1 saturated heterocycles. The van der Waals surface area contributed by atoms with Gasteiger partial charge in [0, 0.05) is 12.1 Å². The quantitative estimate of drug-likeness (QED) is 0.751. The van der Waals surface area contributed by atoms with Gasteiger partial charge in [0.2, 0.25) is 5.91 Å². The Morgan fingerprint density at radius 2 is 1.84 bits per heavy atom. The van der Waals surface area contributed by atoms with Gasteiger partial charge in [-0.1, -0.05) is 12.8 Å². The lowest BCUT2D eigenvalue weighted by Gasteiger charge is -2.22. The average molecular weight is 265 g/mol. The van der Waals surface area contributed by atoms with Crippen LogP contribution in [0.2, 0.25) is 0 Å². The van der Waals surface area contributed by atoms with Crippen LogP contribution in [0.5, 0.6) is 0 Å². The second kappa shape index (κ2) is 4.83. The summed E-state index contributed by atoms with van der Waals surface area (Å²) < 4.78 is 0. The minimum absolute atomic E-state index is 0.128. The maximum atomic E-state index is 12.2. The van der Waals surface area contributed by atoms with Crippen LogP contribution in [0.25, 0.3) is 0 Å². The highest BCUT2D eigenvalue weighted by Gasteiger charge is 2.41. The Morgan fingerprint density at radius 1 is 1.16 bits per heavy atom. The van der Waals surface area contributed by atoms with Crippen LogP contribution in [-0.2, 0) is 9.59 Å². The lowest BCUT2D eigenvalue weighted by atomic mass is 10.2. The molecule has 3 aliphatic rings. The van der Waals surface area contributed by atoms with Crippen LogP contribution in [-0.4, -0.2) is 52.8 Å². The van der Waals surface area contributed by atoms with Gasteiger partial charge >= 0.3 is 6.03 Å². The summed E-state index contributed by atoms with van der Waals surface area (Å²) in [6.45, 7) is 0.0115. The van der Waals surface area contributed by atoms with Crippen LogP contribution < -0.4 is 5.32 Å².